The van der Waals surface area contributed by atoms with E-state index in [1.165, 1.54) is 0 Å². The maximum absolute atomic E-state index is 11.9. The van der Waals surface area contributed by atoms with Gasteiger partial charge in [0.25, 0.3) is 0 Å². The van der Waals surface area contributed by atoms with Gasteiger partial charge in [0.15, 0.2) is 0 Å². The lowest BCUT2D eigenvalue weighted by atomic mass is 10.1. The van der Waals surface area contributed by atoms with Crippen LogP contribution in [0.25, 0.3) is 0 Å². The Hall–Kier alpha value is -0.870. The van der Waals surface area contributed by atoms with Gasteiger partial charge in [0, 0.05) is 19.4 Å². The molecular formula is C13H22ClN3O. The Balaban J connectivity index is 2.70. The number of halogens is 1. The molecule has 1 aromatic rings. The molecule has 0 saturated heterocycles. The Morgan fingerprint density at radius 1 is 1.44 bits per heavy atom. The summed E-state index contributed by atoms with van der Waals surface area (Å²) in [6.07, 6.45) is 2.65. The van der Waals surface area contributed by atoms with Gasteiger partial charge in [-0.05, 0) is 33.4 Å². The number of nitrogens with zero attached hydrogens (tertiary/aromatic N) is 2. The standard InChI is InChI=1S/C13H22ClN3O/c1-4-11-13(14)12(17(5-2)16-11)9-10(18)7-6-8-15-3/h15H,4-9H2,1-3H3. The topological polar surface area (TPSA) is 46.9 Å². The number of hydrogen-bond donors (Lipinski definition) is 1. The summed E-state index contributed by atoms with van der Waals surface area (Å²) in [5.41, 5.74) is 1.75. The van der Waals surface area contributed by atoms with Crippen LogP contribution in [0.2, 0.25) is 5.02 Å². The lowest BCUT2D eigenvalue weighted by Crippen LogP contribution is -2.13. The first-order valence-corrected chi connectivity index (χ1v) is 6.92. The Kier molecular flexibility index (Phi) is 6.36. The van der Waals surface area contributed by atoms with Gasteiger partial charge < -0.3 is 5.32 Å². The third-order valence-electron chi connectivity index (χ3n) is 2.94. The third-order valence-corrected chi connectivity index (χ3v) is 3.38. The van der Waals surface area contributed by atoms with Crippen LogP contribution in [0.5, 0.6) is 0 Å². The highest BCUT2D eigenvalue weighted by Crippen LogP contribution is 2.22. The Bertz CT molecular complexity index is 401. The molecule has 0 spiro atoms. The van der Waals surface area contributed by atoms with Gasteiger partial charge in [-0.15, -0.1) is 0 Å². The molecule has 4 nitrogen and oxygen atoms in total. The summed E-state index contributed by atoms with van der Waals surface area (Å²) in [5, 5.41) is 8.12. The first kappa shape index (κ1) is 15.2. The first-order valence-electron chi connectivity index (χ1n) is 6.54. The van der Waals surface area contributed by atoms with Crippen molar-refractivity contribution in [1.29, 1.82) is 0 Å². The number of ketones is 1. The predicted octanol–water partition coefficient (Wildman–Crippen LogP) is 2.23. The number of rotatable bonds is 8. The highest BCUT2D eigenvalue weighted by Gasteiger charge is 2.16. The van der Waals surface area contributed by atoms with Gasteiger partial charge in [0.1, 0.15) is 5.78 Å². The number of aryl methyl sites for hydroxylation is 2. The van der Waals surface area contributed by atoms with Gasteiger partial charge in [-0.3, -0.25) is 9.48 Å². The normalized spacial score (nSPS) is 10.9. The molecule has 1 N–H and O–H groups in total. The van der Waals surface area contributed by atoms with Gasteiger partial charge in [-0.25, -0.2) is 0 Å². The highest BCUT2D eigenvalue weighted by molar-refractivity contribution is 6.32. The minimum absolute atomic E-state index is 0.226. The van der Waals surface area contributed by atoms with Crippen LogP contribution in [-0.4, -0.2) is 29.2 Å². The average Bonchev–Trinajstić information content (AvgIpc) is 2.66. The second kappa shape index (κ2) is 7.54. The zero-order valence-electron chi connectivity index (χ0n) is 11.4. The van der Waals surface area contributed by atoms with E-state index in [0.29, 0.717) is 17.9 Å². The molecule has 0 unspecified atom stereocenters. The second-order valence-electron chi connectivity index (χ2n) is 4.30. The fourth-order valence-electron chi connectivity index (χ4n) is 1.92. The molecule has 0 bridgehead atoms. The first-order chi connectivity index (χ1) is 8.63. The van der Waals surface area contributed by atoms with E-state index in [2.05, 4.69) is 10.4 Å². The zero-order chi connectivity index (χ0) is 13.5. The molecule has 102 valence electrons. The van der Waals surface area contributed by atoms with Crippen molar-refractivity contribution in [1.82, 2.24) is 15.1 Å². The summed E-state index contributed by atoms with van der Waals surface area (Å²) >= 11 is 6.27. The molecule has 0 saturated carbocycles. The maximum atomic E-state index is 11.9. The van der Waals surface area contributed by atoms with Crippen molar-refractivity contribution < 1.29 is 4.79 Å². The number of carbonyl (C=O) groups excluding carboxylic acids is 1. The zero-order valence-corrected chi connectivity index (χ0v) is 12.2. The molecular weight excluding hydrogens is 250 g/mol. The van der Waals surface area contributed by atoms with Crippen molar-refractivity contribution >= 4 is 17.4 Å². The summed E-state index contributed by atoms with van der Waals surface area (Å²) in [6, 6.07) is 0. The van der Waals surface area contributed by atoms with Crippen molar-refractivity contribution in [2.45, 2.75) is 46.1 Å². The van der Waals surface area contributed by atoms with Crippen LogP contribution in [0.3, 0.4) is 0 Å². The van der Waals surface area contributed by atoms with E-state index in [9.17, 15) is 4.79 Å². The van der Waals surface area contributed by atoms with Crippen LogP contribution >= 0.6 is 11.6 Å². The van der Waals surface area contributed by atoms with Crippen molar-refractivity contribution in [2.24, 2.45) is 0 Å². The largest absolute Gasteiger partial charge is 0.320 e. The van der Waals surface area contributed by atoms with Gasteiger partial charge in [-0.1, -0.05) is 18.5 Å². The summed E-state index contributed by atoms with van der Waals surface area (Å²) in [6.45, 7) is 5.65. The molecule has 0 fully saturated rings. The molecule has 0 atom stereocenters. The van der Waals surface area contributed by atoms with E-state index in [-0.39, 0.29) is 5.78 Å². The number of Topliss-reactive ketones (excluding diaryl/α,β-unsaturated/α-hetero) is 1. The SMILES string of the molecule is CCc1nn(CC)c(CC(=O)CCCNC)c1Cl. The molecule has 0 aliphatic carbocycles. The Morgan fingerprint density at radius 3 is 2.72 bits per heavy atom. The molecule has 0 radical (unpaired) electrons. The minimum atomic E-state index is 0.226. The van der Waals surface area contributed by atoms with E-state index < -0.39 is 0 Å². The molecule has 0 aliphatic heterocycles. The minimum Gasteiger partial charge on any atom is -0.320 e. The van der Waals surface area contributed by atoms with Crippen LogP contribution in [0.4, 0.5) is 0 Å². The van der Waals surface area contributed by atoms with E-state index in [1.54, 1.807) is 0 Å². The van der Waals surface area contributed by atoms with Crippen molar-refractivity contribution in [3.8, 4) is 0 Å². The summed E-state index contributed by atoms with van der Waals surface area (Å²) in [4.78, 5) is 11.9. The van der Waals surface area contributed by atoms with Crippen LogP contribution in [-0.2, 0) is 24.2 Å². The monoisotopic (exact) mass is 271 g/mol. The quantitative estimate of drug-likeness (QED) is 0.738. The number of carbonyl (C=O) groups is 1. The van der Waals surface area contributed by atoms with Gasteiger partial charge in [0.2, 0.25) is 0 Å². The molecule has 18 heavy (non-hydrogen) atoms. The van der Waals surface area contributed by atoms with Crippen molar-refractivity contribution in [3.05, 3.63) is 16.4 Å². The predicted molar refractivity (Wildman–Crippen MR) is 74.2 cm³/mol. The Morgan fingerprint density at radius 2 is 2.17 bits per heavy atom. The van der Waals surface area contributed by atoms with Crippen LogP contribution in [0.15, 0.2) is 0 Å². The molecule has 1 heterocycles. The van der Waals surface area contributed by atoms with E-state index in [0.717, 1.165) is 37.3 Å². The fraction of sp³-hybridized carbons (Fsp3) is 0.692. The molecule has 1 aromatic heterocycles. The maximum Gasteiger partial charge on any atom is 0.138 e. The Labute approximate surface area is 114 Å². The van der Waals surface area contributed by atoms with Gasteiger partial charge in [0.05, 0.1) is 16.4 Å². The van der Waals surface area contributed by atoms with Crippen molar-refractivity contribution in [3.63, 3.8) is 0 Å². The number of nitrogens with one attached hydrogen (secondary N) is 1. The molecule has 5 heteroatoms. The lowest BCUT2D eigenvalue weighted by molar-refractivity contribution is -0.118. The van der Waals surface area contributed by atoms with E-state index in [4.69, 9.17) is 11.6 Å². The number of hydrogen-bond acceptors (Lipinski definition) is 3. The summed E-state index contributed by atoms with van der Waals surface area (Å²) in [7, 11) is 1.89. The van der Waals surface area contributed by atoms with E-state index in [1.807, 2.05) is 25.6 Å². The second-order valence-corrected chi connectivity index (χ2v) is 4.68. The summed E-state index contributed by atoms with van der Waals surface area (Å²) in [5.74, 6) is 0.226. The van der Waals surface area contributed by atoms with Crippen LogP contribution in [0, 0.1) is 0 Å². The fourth-order valence-corrected chi connectivity index (χ4v) is 2.26. The average molecular weight is 272 g/mol. The molecule has 0 aromatic carbocycles. The summed E-state index contributed by atoms with van der Waals surface area (Å²) < 4.78 is 1.84. The lowest BCUT2D eigenvalue weighted by Gasteiger charge is -2.05. The molecule has 0 amide bonds. The number of aromatic nitrogens is 2. The smallest absolute Gasteiger partial charge is 0.138 e. The highest BCUT2D eigenvalue weighted by atomic mass is 35.5. The van der Waals surface area contributed by atoms with Crippen LogP contribution in [0.1, 0.15) is 38.1 Å². The van der Waals surface area contributed by atoms with Gasteiger partial charge in [-0.2, -0.15) is 5.10 Å². The van der Waals surface area contributed by atoms with Crippen LogP contribution < -0.4 is 5.32 Å². The van der Waals surface area contributed by atoms with Gasteiger partial charge >= 0.3 is 0 Å². The third kappa shape index (κ3) is 3.82. The van der Waals surface area contributed by atoms with E-state index >= 15 is 0 Å². The van der Waals surface area contributed by atoms with Crippen molar-refractivity contribution in [2.75, 3.05) is 13.6 Å². The molecule has 0 aliphatic rings. The molecule has 1 rings (SSSR count).